The largest absolute Gasteiger partial charge is 0.473 e. The van der Waals surface area contributed by atoms with Crippen molar-refractivity contribution in [3.8, 4) is 0 Å². The van der Waals surface area contributed by atoms with Gasteiger partial charge in [0.25, 0.3) is 0 Å². The summed E-state index contributed by atoms with van der Waals surface area (Å²) in [5, 5.41) is 0.0656. The summed E-state index contributed by atoms with van der Waals surface area (Å²) >= 11 is 0. The standard InChI is InChI=1S/C16H12F3NO3/c1-23-20(15(22)16(17,18)19)13-10-6-5-9-12(13)14(21)11-7-3-2-4-8-11/h2-10H,1H3. The highest BCUT2D eigenvalue weighted by molar-refractivity contribution is 6.14. The van der Waals surface area contributed by atoms with Crippen molar-refractivity contribution in [3.05, 3.63) is 65.7 Å². The number of para-hydroxylation sites is 1. The number of hydrogen-bond acceptors (Lipinski definition) is 3. The van der Waals surface area contributed by atoms with E-state index in [4.69, 9.17) is 0 Å². The first-order valence-electron chi connectivity index (χ1n) is 6.50. The van der Waals surface area contributed by atoms with E-state index in [-0.39, 0.29) is 21.9 Å². The van der Waals surface area contributed by atoms with Crippen molar-refractivity contribution in [2.75, 3.05) is 12.2 Å². The van der Waals surface area contributed by atoms with Gasteiger partial charge in [0.05, 0.1) is 12.8 Å². The van der Waals surface area contributed by atoms with E-state index in [0.29, 0.717) is 0 Å². The molecule has 0 radical (unpaired) electrons. The van der Waals surface area contributed by atoms with E-state index in [2.05, 4.69) is 4.84 Å². The average molecular weight is 323 g/mol. The molecule has 0 aliphatic rings. The second kappa shape index (κ2) is 6.62. The van der Waals surface area contributed by atoms with Crippen LogP contribution in [0.1, 0.15) is 15.9 Å². The Labute approximate surface area is 130 Å². The minimum Gasteiger partial charge on any atom is -0.289 e. The van der Waals surface area contributed by atoms with Gasteiger partial charge in [0.15, 0.2) is 5.78 Å². The number of amides is 1. The number of anilines is 1. The van der Waals surface area contributed by atoms with Crippen LogP contribution in [0.15, 0.2) is 54.6 Å². The summed E-state index contributed by atoms with van der Waals surface area (Å²) in [5.74, 6) is -2.73. The van der Waals surface area contributed by atoms with E-state index in [1.165, 1.54) is 36.4 Å². The highest BCUT2D eigenvalue weighted by Crippen LogP contribution is 2.28. The minimum absolute atomic E-state index is 0.0656. The van der Waals surface area contributed by atoms with E-state index in [1.54, 1.807) is 18.2 Å². The summed E-state index contributed by atoms with van der Waals surface area (Å²) in [4.78, 5) is 28.5. The molecule has 0 aliphatic heterocycles. The molecule has 4 nitrogen and oxygen atoms in total. The third-order valence-corrected chi connectivity index (χ3v) is 3.01. The van der Waals surface area contributed by atoms with Crippen LogP contribution in [0.4, 0.5) is 18.9 Å². The molecule has 0 heterocycles. The minimum atomic E-state index is -5.13. The van der Waals surface area contributed by atoms with E-state index >= 15 is 0 Å². The molecule has 0 atom stereocenters. The van der Waals surface area contributed by atoms with Crippen LogP contribution < -0.4 is 5.06 Å². The number of carbonyl (C=O) groups excluding carboxylic acids is 2. The predicted molar refractivity (Wildman–Crippen MR) is 76.9 cm³/mol. The Kier molecular flexibility index (Phi) is 4.80. The van der Waals surface area contributed by atoms with Crippen LogP contribution in [0, 0.1) is 0 Å². The number of benzene rings is 2. The molecule has 0 bridgehead atoms. The number of ketones is 1. The summed E-state index contributed by atoms with van der Waals surface area (Å²) < 4.78 is 38.0. The molecular formula is C16H12F3NO3. The topological polar surface area (TPSA) is 46.6 Å². The highest BCUT2D eigenvalue weighted by Gasteiger charge is 2.44. The molecule has 0 spiro atoms. The summed E-state index contributed by atoms with van der Waals surface area (Å²) in [6.45, 7) is 0. The van der Waals surface area contributed by atoms with Crippen molar-refractivity contribution in [1.82, 2.24) is 0 Å². The highest BCUT2D eigenvalue weighted by atomic mass is 19.4. The van der Waals surface area contributed by atoms with E-state index in [0.717, 1.165) is 7.11 Å². The molecule has 120 valence electrons. The fraction of sp³-hybridized carbons (Fsp3) is 0.125. The van der Waals surface area contributed by atoms with Crippen molar-refractivity contribution in [2.24, 2.45) is 0 Å². The molecule has 2 aromatic rings. The van der Waals surface area contributed by atoms with Gasteiger partial charge in [-0.1, -0.05) is 42.5 Å². The van der Waals surface area contributed by atoms with Crippen molar-refractivity contribution in [2.45, 2.75) is 6.18 Å². The van der Waals surface area contributed by atoms with Gasteiger partial charge in [-0.15, -0.1) is 0 Å². The van der Waals surface area contributed by atoms with Crippen LogP contribution >= 0.6 is 0 Å². The number of hydrogen-bond donors (Lipinski definition) is 0. The molecule has 0 N–H and O–H groups in total. The lowest BCUT2D eigenvalue weighted by Gasteiger charge is -2.22. The lowest BCUT2D eigenvalue weighted by atomic mass is 10.0. The molecule has 0 aliphatic carbocycles. The molecular weight excluding hydrogens is 311 g/mol. The van der Waals surface area contributed by atoms with Crippen LogP contribution in [-0.4, -0.2) is 25.0 Å². The van der Waals surface area contributed by atoms with Gasteiger partial charge in [0, 0.05) is 11.1 Å². The molecule has 23 heavy (non-hydrogen) atoms. The van der Waals surface area contributed by atoms with Crippen LogP contribution in [0.3, 0.4) is 0 Å². The Morgan fingerprint density at radius 1 is 0.957 bits per heavy atom. The molecule has 2 rings (SSSR count). The zero-order valence-electron chi connectivity index (χ0n) is 12.0. The van der Waals surface area contributed by atoms with E-state index in [1.807, 2.05) is 0 Å². The van der Waals surface area contributed by atoms with Crippen LogP contribution in [0.2, 0.25) is 0 Å². The lowest BCUT2D eigenvalue weighted by Crippen LogP contribution is -2.41. The molecule has 0 fully saturated rings. The number of hydroxylamine groups is 1. The Morgan fingerprint density at radius 3 is 2.09 bits per heavy atom. The van der Waals surface area contributed by atoms with Crippen LogP contribution in [-0.2, 0) is 9.63 Å². The molecule has 0 saturated carbocycles. The zero-order chi connectivity index (χ0) is 17.0. The van der Waals surface area contributed by atoms with Gasteiger partial charge in [-0.2, -0.15) is 18.2 Å². The monoisotopic (exact) mass is 323 g/mol. The van der Waals surface area contributed by atoms with Gasteiger partial charge >= 0.3 is 12.1 Å². The number of halogens is 3. The first kappa shape index (κ1) is 16.7. The van der Waals surface area contributed by atoms with Crippen LogP contribution in [0.5, 0.6) is 0 Å². The van der Waals surface area contributed by atoms with Crippen molar-refractivity contribution in [1.29, 1.82) is 0 Å². The molecule has 7 heteroatoms. The quantitative estimate of drug-likeness (QED) is 0.640. The maximum atomic E-state index is 12.7. The maximum absolute atomic E-state index is 12.7. The molecule has 2 aromatic carbocycles. The van der Waals surface area contributed by atoms with Gasteiger partial charge < -0.3 is 0 Å². The predicted octanol–water partition coefficient (Wildman–Crippen LogP) is 3.37. The number of rotatable bonds is 4. The van der Waals surface area contributed by atoms with Gasteiger partial charge in [-0.3, -0.25) is 14.4 Å². The van der Waals surface area contributed by atoms with Gasteiger partial charge in [-0.25, -0.2) is 0 Å². The maximum Gasteiger partial charge on any atom is 0.473 e. The molecule has 0 saturated heterocycles. The SMILES string of the molecule is CON(C(=O)C(F)(F)F)c1ccccc1C(=O)c1ccccc1. The van der Waals surface area contributed by atoms with Gasteiger partial charge in [0.2, 0.25) is 0 Å². The summed E-state index contributed by atoms with van der Waals surface area (Å²) in [5.41, 5.74) is -0.0558. The van der Waals surface area contributed by atoms with Crippen molar-refractivity contribution < 1.29 is 27.6 Å². The smallest absolute Gasteiger partial charge is 0.289 e. The first-order valence-corrected chi connectivity index (χ1v) is 6.50. The Hall–Kier alpha value is -2.67. The van der Waals surface area contributed by atoms with Gasteiger partial charge in [-0.05, 0) is 12.1 Å². The van der Waals surface area contributed by atoms with Crippen molar-refractivity contribution in [3.63, 3.8) is 0 Å². The lowest BCUT2D eigenvalue weighted by molar-refractivity contribution is -0.177. The van der Waals surface area contributed by atoms with E-state index in [9.17, 15) is 22.8 Å². The summed E-state index contributed by atoms with van der Waals surface area (Å²) in [6, 6.07) is 13.5. The molecule has 0 unspecified atom stereocenters. The fourth-order valence-corrected chi connectivity index (χ4v) is 1.99. The van der Waals surface area contributed by atoms with Crippen LogP contribution in [0.25, 0.3) is 0 Å². The first-order chi connectivity index (χ1) is 10.9. The van der Waals surface area contributed by atoms with Gasteiger partial charge in [0.1, 0.15) is 0 Å². The third-order valence-electron chi connectivity index (χ3n) is 3.01. The average Bonchev–Trinajstić information content (AvgIpc) is 2.55. The normalized spacial score (nSPS) is 11.1. The Morgan fingerprint density at radius 2 is 1.52 bits per heavy atom. The van der Waals surface area contributed by atoms with Crippen molar-refractivity contribution >= 4 is 17.4 Å². The second-order valence-corrected chi connectivity index (χ2v) is 4.49. The zero-order valence-corrected chi connectivity index (χ0v) is 12.0. The summed E-state index contributed by atoms with van der Waals surface area (Å²) in [7, 11) is 0.924. The Balaban J connectivity index is 2.49. The fourth-order valence-electron chi connectivity index (χ4n) is 1.99. The second-order valence-electron chi connectivity index (χ2n) is 4.49. The van der Waals surface area contributed by atoms with E-state index < -0.39 is 17.9 Å². The number of carbonyl (C=O) groups is 2. The number of alkyl halides is 3. The molecule has 1 amide bonds. The molecule has 0 aromatic heterocycles. The Bertz CT molecular complexity index is 714. The third kappa shape index (κ3) is 3.57. The summed E-state index contributed by atoms with van der Waals surface area (Å²) in [6.07, 6.45) is -5.13. The number of nitrogens with zero attached hydrogens (tertiary/aromatic N) is 1.